The minimum atomic E-state index is -4.69. The lowest BCUT2D eigenvalue weighted by Gasteiger charge is -2.19. The van der Waals surface area contributed by atoms with Crippen LogP contribution in [-0.2, 0) is 11.0 Å². The molecule has 5 nitrogen and oxygen atoms in total. The van der Waals surface area contributed by atoms with E-state index < -0.39 is 29.4 Å². The first-order valence-electron chi connectivity index (χ1n) is 8.32. The van der Waals surface area contributed by atoms with E-state index in [1.807, 2.05) is 6.92 Å². The van der Waals surface area contributed by atoms with Crippen LogP contribution in [0, 0.1) is 6.92 Å². The highest BCUT2D eigenvalue weighted by molar-refractivity contribution is 7.18. The minimum Gasteiger partial charge on any atom is -0.325 e. The number of carbonyl (C=O) groups excluding carboxylic acids is 2. The quantitative estimate of drug-likeness (QED) is 0.574. The lowest BCUT2D eigenvalue weighted by atomic mass is 10.1. The number of nitrogens with one attached hydrogen (secondary N) is 1. The van der Waals surface area contributed by atoms with Crippen molar-refractivity contribution in [2.45, 2.75) is 13.1 Å². The van der Waals surface area contributed by atoms with Crippen molar-refractivity contribution >= 4 is 56.3 Å². The van der Waals surface area contributed by atoms with E-state index in [2.05, 4.69) is 10.3 Å². The molecule has 1 N–H and O–H groups in total. The molecule has 0 atom stereocenters. The summed E-state index contributed by atoms with van der Waals surface area (Å²) in [4.78, 5) is 30.0. The summed E-state index contributed by atoms with van der Waals surface area (Å²) in [5.41, 5.74) is -0.129. The fraction of sp³-hybridized carbons (Fsp3) is 0.211. The van der Waals surface area contributed by atoms with Crippen LogP contribution in [0.25, 0.3) is 10.2 Å². The van der Waals surface area contributed by atoms with Gasteiger partial charge in [0.2, 0.25) is 5.91 Å². The topological polar surface area (TPSA) is 62.3 Å². The summed E-state index contributed by atoms with van der Waals surface area (Å²) in [6.45, 7) is 1.86. The van der Waals surface area contributed by atoms with Crippen LogP contribution >= 0.6 is 22.9 Å². The Hall–Kier alpha value is -2.65. The predicted molar refractivity (Wildman–Crippen MR) is 108 cm³/mol. The fourth-order valence-corrected chi connectivity index (χ4v) is 3.66. The Morgan fingerprint density at radius 2 is 1.93 bits per heavy atom. The number of aromatic nitrogens is 1. The Morgan fingerprint density at radius 1 is 1.21 bits per heavy atom. The zero-order chi connectivity index (χ0) is 21.3. The Morgan fingerprint density at radius 3 is 2.59 bits per heavy atom. The van der Waals surface area contributed by atoms with E-state index >= 15 is 0 Å². The van der Waals surface area contributed by atoms with Crippen LogP contribution in [0.2, 0.25) is 0 Å². The maximum absolute atomic E-state index is 13.3. The first kappa shape index (κ1) is 21.1. The third-order valence-corrected chi connectivity index (χ3v) is 5.26. The highest BCUT2D eigenvalue weighted by atomic mass is 35.5. The number of hydrogen-bond donors (Lipinski definition) is 1. The summed E-state index contributed by atoms with van der Waals surface area (Å²) < 4.78 is 40.6. The number of thiazole rings is 1. The van der Waals surface area contributed by atoms with Crippen LogP contribution in [0.1, 0.15) is 20.9 Å². The van der Waals surface area contributed by atoms with E-state index in [4.69, 9.17) is 11.6 Å². The van der Waals surface area contributed by atoms with E-state index in [9.17, 15) is 22.8 Å². The Labute approximate surface area is 173 Å². The molecule has 10 heteroatoms. The normalized spacial score (nSPS) is 11.5. The number of hydrogen-bond acceptors (Lipinski definition) is 4. The van der Waals surface area contributed by atoms with Gasteiger partial charge in [-0.15, -0.1) is 22.9 Å². The molecule has 0 bridgehead atoms. The van der Waals surface area contributed by atoms with Gasteiger partial charge in [-0.1, -0.05) is 0 Å². The van der Waals surface area contributed by atoms with Crippen molar-refractivity contribution in [3.8, 4) is 0 Å². The maximum atomic E-state index is 13.3. The number of alkyl halides is 4. The van der Waals surface area contributed by atoms with E-state index in [0.29, 0.717) is 5.69 Å². The van der Waals surface area contributed by atoms with Gasteiger partial charge in [0.05, 0.1) is 20.8 Å². The summed E-state index contributed by atoms with van der Waals surface area (Å²) >= 11 is 6.85. The van der Waals surface area contributed by atoms with Crippen molar-refractivity contribution in [2.75, 3.05) is 23.1 Å². The van der Waals surface area contributed by atoms with Crippen molar-refractivity contribution < 1.29 is 22.8 Å². The van der Waals surface area contributed by atoms with Crippen LogP contribution in [0.3, 0.4) is 0 Å². The highest BCUT2D eigenvalue weighted by Crippen LogP contribution is 2.33. The smallest absolute Gasteiger partial charge is 0.325 e. The maximum Gasteiger partial charge on any atom is 0.416 e. The lowest BCUT2D eigenvalue weighted by molar-refractivity contribution is -0.137. The third kappa shape index (κ3) is 4.68. The van der Waals surface area contributed by atoms with Crippen LogP contribution in [-0.4, -0.2) is 29.7 Å². The van der Waals surface area contributed by atoms with Gasteiger partial charge in [0, 0.05) is 24.0 Å². The average molecular weight is 442 g/mol. The fourth-order valence-electron chi connectivity index (χ4n) is 2.73. The summed E-state index contributed by atoms with van der Waals surface area (Å²) in [5.74, 6) is -1.75. The molecular weight excluding hydrogens is 427 g/mol. The molecule has 0 unspecified atom stereocenters. The van der Waals surface area contributed by atoms with Crippen molar-refractivity contribution in [1.29, 1.82) is 0 Å². The monoisotopic (exact) mass is 441 g/mol. The number of fused-ring (bicyclic) bond motifs is 1. The average Bonchev–Trinajstić information content (AvgIpc) is 3.04. The zero-order valence-corrected chi connectivity index (χ0v) is 16.9. The van der Waals surface area contributed by atoms with Gasteiger partial charge in [-0.3, -0.25) is 9.59 Å². The number of benzene rings is 2. The van der Waals surface area contributed by atoms with Gasteiger partial charge in [0.25, 0.3) is 5.91 Å². The molecule has 152 valence electrons. The van der Waals surface area contributed by atoms with Crippen LogP contribution in [0.15, 0.2) is 36.4 Å². The molecule has 0 spiro atoms. The zero-order valence-electron chi connectivity index (χ0n) is 15.3. The van der Waals surface area contributed by atoms with Gasteiger partial charge >= 0.3 is 6.18 Å². The summed E-state index contributed by atoms with van der Waals surface area (Å²) in [6, 6.07) is 7.87. The minimum absolute atomic E-state index is 0.157. The lowest BCUT2D eigenvalue weighted by Crippen LogP contribution is -2.27. The molecule has 0 saturated carbocycles. The number of rotatable bonds is 4. The van der Waals surface area contributed by atoms with Crippen molar-refractivity contribution in [1.82, 2.24) is 4.98 Å². The number of carbonyl (C=O) groups is 2. The van der Waals surface area contributed by atoms with Gasteiger partial charge in [-0.2, -0.15) is 13.2 Å². The van der Waals surface area contributed by atoms with Gasteiger partial charge in [-0.05, 0) is 43.3 Å². The number of halogens is 4. The molecule has 0 aliphatic carbocycles. The van der Waals surface area contributed by atoms with Gasteiger partial charge in [0.1, 0.15) is 5.88 Å². The van der Waals surface area contributed by atoms with Crippen LogP contribution in [0.4, 0.5) is 24.5 Å². The highest BCUT2D eigenvalue weighted by Gasteiger charge is 2.32. The molecule has 1 aromatic heterocycles. The Balaban J connectivity index is 1.98. The first-order chi connectivity index (χ1) is 13.6. The molecule has 1 heterocycles. The Bertz CT molecular complexity index is 1100. The number of amides is 2. The van der Waals surface area contributed by atoms with Crippen LogP contribution in [0.5, 0.6) is 0 Å². The number of nitrogens with zero attached hydrogens (tertiary/aromatic N) is 2. The SMILES string of the molecule is Cc1nc2ccc(N(C)C(=O)c3cc(NC(=O)CCl)cc(C(F)(F)F)c3)cc2s1. The van der Waals surface area contributed by atoms with Crippen molar-refractivity contribution in [2.24, 2.45) is 0 Å². The van der Waals surface area contributed by atoms with Crippen LogP contribution < -0.4 is 10.2 Å². The van der Waals surface area contributed by atoms with E-state index in [1.165, 1.54) is 29.4 Å². The molecule has 0 radical (unpaired) electrons. The molecule has 0 aliphatic heterocycles. The second kappa shape index (κ2) is 8.00. The second-order valence-corrected chi connectivity index (χ2v) is 7.73. The van der Waals surface area contributed by atoms with E-state index in [1.54, 1.807) is 18.2 Å². The Kier molecular flexibility index (Phi) is 5.81. The molecule has 0 fully saturated rings. The molecule has 2 aromatic carbocycles. The largest absolute Gasteiger partial charge is 0.416 e. The van der Waals surface area contributed by atoms with E-state index in [0.717, 1.165) is 27.4 Å². The van der Waals surface area contributed by atoms with Gasteiger partial charge in [-0.25, -0.2) is 4.98 Å². The summed E-state index contributed by atoms with van der Waals surface area (Å²) in [7, 11) is 1.47. The van der Waals surface area contributed by atoms with E-state index in [-0.39, 0.29) is 11.3 Å². The molecular formula is C19H15ClF3N3O2S. The summed E-state index contributed by atoms with van der Waals surface area (Å²) in [5, 5.41) is 3.12. The molecule has 2 amide bonds. The molecule has 29 heavy (non-hydrogen) atoms. The van der Waals surface area contributed by atoms with Gasteiger partial charge in [0.15, 0.2) is 0 Å². The standard InChI is InChI=1S/C19H15ClF3N3O2S/c1-10-24-15-4-3-14(8-16(15)29-10)26(2)18(28)11-5-12(19(21,22)23)7-13(6-11)25-17(27)9-20/h3-8H,9H2,1-2H3,(H,25,27). The van der Waals surface area contributed by atoms with Crippen molar-refractivity contribution in [3.05, 3.63) is 52.5 Å². The molecule has 0 aliphatic rings. The third-order valence-electron chi connectivity index (χ3n) is 4.08. The van der Waals surface area contributed by atoms with Crippen molar-refractivity contribution in [3.63, 3.8) is 0 Å². The first-order valence-corrected chi connectivity index (χ1v) is 9.67. The number of anilines is 2. The molecule has 3 rings (SSSR count). The second-order valence-electron chi connectivity index (χ2n) is 6.23. The van der Waals surface area contributed by atoms with Gasteiger partial charge < -0.3 is 10.2 Å². The molecule has 3 aromatic rings. The predicted octanol–water partition coefficient (Wildman–Crippen LogP) is 5.08. The molecule has 0 saturated heterocycles. The number of aryl methyl sites for hydroxylation is 1. The summed E-state index contributed by atoms with van der Waals surface area (Å²) in [6.07, 6.45) is -4.69.